The smallest absolute Gasteiger partial charge is 0.335 e. The highest BCUT2D eigenvalue weighted by Gasteiger charge is 2.12. The fourth-order valence-electron chi connectivity index (χ4n) is 2.45. The Bertz CT molecular complexity index is 929. The summed E-state index contributed by atoms with van der Waals surface area (Å²) in [6, 6.07) is 13.9. The lowest BCUT2D eigenvalue weighted by atomic mass is 10.1. The molecule has 0 aliphatic carbocycles. The van der Waals surface area contributed by atoms with Gasteiger partial charge in [0.05, 0.1) is 5.56 Å². The summed E-state index contributed by atoms with van der Waals surface area (Å²) in [5, 5.41) is 15.9. The maximum absolute atomic E-state index is 10.9. The second kappa shape index (κ2) is 7.84. The Morgan fingerprint density at radius 2 is 1.85 bits per heavy atom. The van der Waals surface area contributed by atoms with Crippen LogP contribution >= 0.6 is 11.6 Å². The van der Waals surface area contributed by atoms with Crippen molar-refractivity contribution in [3.8, 4) is 11.1 Å². The van der Waals surface area contributed by atoms with Crippen molar-refractivity contribution >= 4 is 35.0 Å². The Kier molecular flexibility index (Phi) is 5.34. The third-order valence-corrected chi connectivity index (χ3v) is 4.01. The van der Waals surface area contributed by atoms with E-state index in [1.54, 1.807) is 18.3 Å². The van der Waals surface area contributed by atoms with Crippen LogP contribution in [0.5, 0.6) is 0 Å². The maximum Gasteiger partial charge on any atom is 0.335 e. The largest absolute Gasteiger partial charge is 0.478 e. The fourth-order valence-corrected chi connectivity index (χ4v) is 2.68. The minimum Gasteiger partial charge on any atom is -0.478 e. The first kappa shape index (κ1) is 17.7. The van der Waals surface area contributed by atoms with Gasteiger partial charge in [0, 0.05) is 34.6 Å². The molecule has 0 saturated carbocycles. The van der Waals surface area contributed by atoms with Gasteiger partial charge in [-0.2, -0.15) is 4.98 Å². The number of aromatic carboxylic acids is 1. The van der Waals surface area contributed by atoms with Crippen LogP contribution in [-0.2, 0) is 0 Å². The molecule has 7 heteroatoms. The van der Waals surface area contributed by atoms with Gasteiger partial charge < -0.3 is 15.7 Å². The van der Waals surface area contributed by atoms with Crippen molar-refractivity contribution in [3.63, 3.8) is 0 Å². The molecule has 26 heavy (non-hydrogen) atoms. The summed E-state index contributed by atoms with van der Waals surface area (Å²) >= 11 is 6.29. The Labute approximate surface area is 155 Å². The van der Waals surface area contributed by atoms with Crippen molar-refractivity contribution in [2.75, 3.05) is 17.2 Å². The SMILES string of the molecule is CCNc1nc(Nc2ccc(C(=O)O)cc2)ncc1-c1ccccc1Cl. The lowest BCUT2D eigenvalue weighted by molar-refractivity contribution is 0.0697. The van der Waals surface area contributed by atoms with Crippen LogP contribution in [0.25, 0.3) is 11.1 Å². The second-order valence-electron chi connectivity index (χ2n) is 5.47. The van der Waals surface area contributed by atoms with E-state index < -0.39 is 5.97 Å². The molecule has 0 aliphatic heterocycles. The van der Waals surface area contributed by atoms with Gasteiger partial charge in [-0.25, -0.2) is 9.78 Å². The molecule has 3 aromatic rings. The van der Waals surface area contributed by atoms with Crippen molar-refractivity contribution in [3.05, 3.63) is 65.3 Å². The molecule has 0 bridgehead atoms. The first-order chi connectivity index (χ1) is 12.6. The zero-order valence-corrected chi connectivity index (χ0v) is 14.8. The average Bonchev–Trinajstić information content (AvgIpc) is 2.63. The third kappa shape index (κ3) is 3.92. The number of hydrogen-bond acceptors (Lipinski definition) is 5. The van der Waals surface area contributed by atoms with E-state index in [0.717, 1.165) is 11.1 Å². The minimum atomic E-state index is -0.966. The van der Waals surface area contributed by atoms with Crippen LogP contribution < -0.4 is 10.6 Å². The standard InChI is InChI=1S/C19H17ClN4O2/c1-2-21-17-15(14-5-3-4-6-16(14)20)11-22-19(24-17)23-13-9-7-12(8-10-13)18(25)26/h3-11H,2H2,1H3,(H,25,26)(H2,21,22,23,24). The Balaban J connectivity index is 1.91. The molecule has 0 fully saturated rings. The summed E-state index contributed by atoms with van der Waals surface area (Å²) in [5.41, 5.74) is 2.58. The molecule has 2 aromatic carbocycles. The van der Waals surface area contributed by atoms with Crippen molar-refractivity contribution in [2.24, 2.45) is 0 Å². The molecule has 3 N–H and O–H groups in total. The topological polar surface area (TPSA) is 87.1 Å². The van der Waals surface area contributed by atoms with Crippen LogP contribution in [0.4, 0.5) is 17.5 Å². The van der Waals surface area contributed by atoms with Crippen LogP contribution in [0, 0.1) is 0 Å². The number of nitrogens with zero attached hydrogens (tertiary/aromatic N) is 2. The summed E-state index contributed by atoms with van der Waals surface area (Å²) in [6.45, 7) is 2.68. The molecule has 132 valence electrons. The number of nitrogens with one attached hydrogen (secondary N) is 2. The number of anilines is 3. The van der Waals surface area contributed by atoms with Gasteiger partial charge in [0.15, 0.2) is 0 Å². The summed E-state index contributed by atoms with van der Waals surface area (Å²) in [4.78, 5) is 19.8. The van der Waals surface area contributed by atoms with Crippen LogP contribution in [-0.4, -0.2) is 27.6 Å². The zero-order valence-electron chi connectivity index (χ0n) is 14.0. The van der Waals surface area contributed by atoms with E-state index in [4.69, 9.17) is 16.7 Å². The second-order valence-corrected chi connectivity index (χ2v) is 5.88. The number of halogens is 1. The molecule has 1 aromatic heterocycles. The highest BCUT2D eigenvalue weighted by molar-refractivity contribution is 6.33. The number of hydrogen-bond donors (Lipinski definition) is 3. The number of carbonyl (C=O) groups is 1. The van der Waals surface area contributed by atoms with Crippen LogP contribution in [0.2, 0.25) is 5.02 Å². The molecule has 1 heterocycles. The van der Waals surface area contributed by atoms with Crippen molar-refractivity contribution in [1.29, 1.82) is 0 Å². The van der Waals surface area contributed by atoms with E-state index in [-0.39, 0.29) is 5.56 Å². The third-order valence-electron chi connectivity index (χ3n) is 3.69. The average molecular weight is 369 g/mol. The lowest BCUT2D eigenvalue weighted by Crippen LogP contribution is -2.06. The molecule has 0 unspecified atom stereocenters. The van der Waals surface area contributed by atoms with Gasteiger partial charge in [-0.05, 0) is 37.3 Å². The van der Waals surface area contributed by atoms with Gasteiger partial charge in [-0.1, -0.05) is 29.8 Å². The van der Waals surface area contributed by atoms with E-state index >= 15 is 0 Å². The Morgan fingerprint density at radius 1 is 1.12 bits per heavy atom. The van der Waals surface area contributed by atoms with E-state index in [2.05, 4.69) is 20.6 Å². The van der Waals surface area contributed by atoms with Crippen molar-refractivity contribution < 1.29 is 9.90 Å². The number of rotatable bonds is 6. The molecular weight excluding hydrogens is 352 g/mol. The van der Waals surface area contributed by atoms with E-state index in [1.807, 2.05) is 31.2 Å². The van der Waals surface area contributed by atoms with Gasteiger partial charge in [0.25, 0.3) is 0 Å². The van der Waals surface area contributed by atoms with Crippen molar-refractivity contribution in [2.45, 2.75) is 6.92 Å². The molecular formula is C19H17ClN4O2. The maximum atomic E-state index is 10.9. The van der Waals surface area contributed by atoms with E-state index in [9.17, 15) is 4.79 Å². The Hall–Kier alpha value is -3.12. The summed E-state index contributed by atoms with van der Waals surface area (Å²) in [5.74, 6) is 0.103. The summed E-state index contributed by atoms with van der Waals surface area (Å²) < 4.78 is 0. The molecule has 3 rings (SSSR count). The molecule has 6 nitrogen and oxygen atoms in total. The molecule has 0 atom stereocenters. The first-order valence-electron chi connectivity index (χ1n) is 8.04. The van der Waals surface area contributed by atoms with E-state index in [0.29, 0.717) is 29.0 Å². The van der Waals surface area contributed by atoms with Crippen LogP contribution in [0.3, 0.4) is 0 Å². The number of benzene rings is 2. The van der Waals surface area contributed by atoms with Crippen LogP contribution in [0.1, 0.15) is 17.3 Å². The van der Waals surface area contributed by atoms with Crippen molar-refractivity contribution in [1.82, 2.24) is 9.97 Å². The van der Waals surface area contributed by atoms with E-state index in [1.165, 1.54) is 12.1 Å². The quantitative estimate of drug-likeness (QED) is 0.586. The number of aromatic nitrogens is 2. The minimum absolute atomic E-state index is 0.221. The van der Waals surface area contributed by atoms with Gasteiger partial charge in [0.1, 0.15) is 5.82 Å². The predicted molar refractivity (Wildman–Crippen MR) is 103 cm³/mol. The molecule has 0 spiro atoms. The highest BCUT2D eigenvalue weighted by Crippen LogP contribution is 2.32. The summed E-state index contributed by atoms with van der Waals surface area (Å²) in [6.07, 6.45) is 1.71. The normalized spacial score (nSPS) is 10.4. The van der Waals surface area contributed by atoms with Crippen LogP contribution in [0.15, 0.2) is 54.7 Å². The lowest BCUT2D eigenvalue weighted by Gasteiger charge is -2.13. The zero-order chi connectivity index (χ0) is 18.5. The van der Waals surface area contributed by atoms with Gasteiger partial charge in [0.2, 0.25) is 5.95 Å². The molecule has 0 saturated heterocycles. The molecule has 0 radical (unpaired) electrons. The molecule has 0 aliphatic rings. The summed E-state index contributed by atoms with van der Waals surface area (Å²) in [7, 11) is 0. The number of carboxylic acid groups (broad SMARTS) is 1. The predicted octanol–water partition coefficient (Wildman–Crippen LogP) is 4.67. The Morgan fingerprint density at radius 3 is 2.50 bits per heavy atom. The fraction of sp³-hybridized carbons (Fsp3) is 0.105. The highest BCUT2D eigenvalue weighted by atomic mass is 35.5. The monoisotopic (exact) mass is 368 g/mol. The molecule has 0 amide bonds. The number of carboxylic acids is 1. The van der Waals surface area contributed by atoms with Gasteiger partial charge in [-0.3, -0.25) is 0 Å². The first-order valence-corrected chi connectivity index (χ1v) is 8.42. The van der Waals surface area contributed by atoms with Gasteiger partial charge in [-0.15, -0.1) is 0 Å². The van der Waals surface area contributed by atoms with Gasteiger partial charge >= 0.3 is 5.97 Å².